The summed E-state index contributed by atoms with van der Waals surface area (Å²) in [6.45, 7) is -0.132. The van der Waals surface area contributed by atoms with Crippen LogP contribution in [0.3, 0.4) is 0 Å². The van der Waals surface area contributed by atoms with E-state index in [0.29, 0.717) is 0 Å². The Bertz CT molecular complexity index is 207. The summed E-state index contributed by atoms with van der Waals surface area (Å²) in [5.74, 6) is 1.88. The van der Waals surface area contributed by atoms with E-state index in [1.807, 2.05) is 0 Å². The Morgan fingerprint density at radius 1 is 1.14 bits per heavy atom. The third-order valence-electron chi connectivity index (χ3n) is 3.80. The lowest BCUT2D eigenvalue weighted by molar-refractivity contribution is 0.451. The van der Waals surface area contributed by atoms with Crippen molar-refractivity contribution in [2.45, 2.75) is 51.4 Å². The zero-order valence-corrected chi connectivity index (χ0v) is 8.97. The van der Waals surface area contributed by atoms with E-state index in [-0.39, 0.29) is 6.67 Å². The predicted octanol–water partition coefficient (Wildman–Crippen LogP) is 4.26. The molecule has 0 aromatic heterocycles. The average Bonchev–Trinajstić information content (AvgIpc) is 2.79. The highest BCUT2D eigenvalue weighted by atomic mass is 19.1. The molecule has 0 aromatic rings. The van der Waals surface area contributed by atoms with Gasteiger partial charge in [-0.05, 0) is 50.4 Å². The molecule has 2 aliphatic carbocycles. The molecule has 0 spiro atoms. The van der Waals surface area contributed by atoms with Crippen LogP contribution in [0.4, 0.5) is 4.39 Å². The van der Waals surface area contributed by atoms with Crippen molar-refractivity contribution in [2.75, 3.05) is 6.67 Å². The number of unbranched alkanes of at least 4 members (excludes halogenated alkanes) is 3. The molecule has 0 aliphatic heterocycles. The van der Waals surface area contributed by atoms with E-state index in [1.165, 1.54) is 38.5 Å². The first-order valence-corrected chi connectivity index (χ1v) is 6.16. The third-order valence-corrected chi connectivity index (χ3v) is 3.80. The molecule has 2 atom stereocenters. The number of alkyl halides is 1. The van der Waals surface area contributed by atoms with Gasteiger partial charge in [0.05, 0.1) is 6.67 Å². The van der Waals surface area contributed by atoms with Crippen molar-refractivity contribution in [2.24, 2.45) is 11.8 Å². The Hall–Kier alpha value is -0.330. The Morgan fingerprint density at radius 3 is 2.64 bits per heavy atom. The monoisotopic (exact) mass is 196 g/mol. The molecule has 2 unspecified atom stereocenters. The van der Waals surface area contributed by atoms with Gasteiger partial charge in [0.1, 0.15) is 0 Å². The standard InChI is InChI=1S/C13H21F/c14-8-4-2-1-3-5-12-9-11-6-7-13(12)10-11/h9,11,13H,1-8,10H2. The van der Waals surface area contributed by atoms with Gasteiger partial charge in [-0.2, -0.15) is 0 Å². The summed E-state index contributed by atoms with van der Waals surface area (Å²) in [5, 5.41) is 0. The second-order valence-electron chi connectivity index (χ2n) is 4.86. The Kier molecular flexibility index (Phi) is 3.61. The maximum atomic E-state index is 11.8. The fourth-order valence-corrected chi connectivity index (χ4v) is 3.01. The Morgan fingerprint density at radius 2 is 2.00 bits per heavy atom. The summed E-state index contributed by atoms with van der Waals surface area (Å²) in [7, 11) is 0. The summed E-state index contributed by atoms with van der Waals surface area (Å²) >= 11 is 0. The average molecular weight is 196 g/mol. The van der Waals surface area contributed by atoms with E-state index in [2.05, 4.69) is 6.08 Å². The predicted molar refractivity (Wildman–Crippen MR) is 58.0 cm³/mol. The minimum absolute atomic E-state index is 0.132. The molecule has 0 amide bonds. The van der Waals surface area contributed by atoms with E-state index in [4.69, 9.17) is 0 Å². The van der Waals surface area contributed by atoms with Gasteiger partial charge >= 0.3 is 0 Å². The first-order chi connectivity index (χ1) is 6.90. The molecule has 0 radical (unpaired) electrons. The molecule has 0 N–H and O–H groups in total. The van der Waals surface area contributed by atoms with Gasteiger partial charge in [-0.25, -0.2) is 0 Å². The van der Waals surface area contributed by atoms with E-state index in [0.717, 1.165) is 24.7 Å². The summed E-state index contributed by atoms with van der Waals surface area (Å²) in [4.78, 5) is 0. The van der Waals surface area contributed by atoms with Crippen molar-refractivity contribution < 1.29 is 4.39 Å². The highest BCUT2D eigenvalue weighted by Gasteiger charge is 2.31. The zero-order valence-electron chi connectivity index (χ0n) is 8.97. The summed E-state index contributed by atoms with van der Waals surface area (Å²) in [6.07, 6.45) is 12.5. The normalized spacial score (nSPS) is 29.6. The largest absolute Gasteiger partial charge is 0.251 e. The van der Waals surface area contributed by atoms with Crippen LogP contribution in [0.15, 0.2) is 11.6 Å². The molecule has 2 rings (SSSR count). The van der Waals surface area contributed by atoms with Crippen molar-refractivity contribution in [3.8, 4) is 0 Å². The summed E-state index contributed by atoms with van der Waals surface area (Å²) in [5.41, 5.74) is 1.74. The lowest BCUT2D eigenvalue weighted by atomic mass is 9.94. The Balaban J connectivity index is 1.60. The Labute approximate surface area is 86.6 Å². The smallest absolute Gasteiger partial charge is 0.0894 e. The highest BCUT2D eigenvalue weighted by Crippen LogP contribution is 2.45. The SMILES string of the molecule is FCCCCCCC1=CC2CCC1C2. The number of allylic oxidation sites excluding steroid dienone is 2. The molecule has 1 fully saturated rings. The van der Waals surface area contributed by atoms with E-state index >= 15 is 0 Å². The topological polar surface area (TPSA) is 0 Å². The third kappa shape index (κ3) is 2.37. The van der Waals surface area contributed by atoms with E-state index in [9.17, 15) is 4.39 Å². The van der Waals surface area contributed by atoms with E-state index < -0.39 is 0 Å². The molecule has 0 heterocycles. The van der Waals surface area contributed by atoms with Crippen LogP contribution < -0.4 is 0 Å². The summed E-state index contributed by atoms with van der Waals surface area (Å²) < 4.78 is 11.8. The maximum absolute atomic E-state index is 11.8. The van der Waals surface area contributed by atoms with Crippen LogP contribution in [0.1, 0.15) is 51.4 Å². The van der Waals surface area contributed by atoms with Gasteiger partial charge in [-0.1, -0.05) is 24.5 Å². The second kappa shape index (κ2) is 4.95. The van der Waals surface area contributed by atoms with Crippen LogP contribution >= 0.6 is 0 Å². The molecule has 0 nitrogen and oxygen atoms in total. The van der Waals surface area contributed by atoms with Crippen molar-refractivity contribution in [3.05, 3.63) is 11.6 Å². The van der Waals surface area contributed by atoms with Crippen LogP contribution in [0.5, 0.6) is 0 Å². The lowest BCUT2D eigenvalue weighted by Crippen LogP contribution is -1.97. The number of halogens is 1. The number of hydrogen-bond acceptors (Lipinski definition) is 0. The van der Waals surface area contributed by atoms with Crippen molar-refractivity contribution in [3.63, 3.8) is 0 Å². The number of rotatable bonds is 6. The van der Waals surface area contributed by atoms with Crippen molar-refractivity contribution >= 4 is 0 Å². The number of fused-ring (bicyclic) bond motifs is 2. The molecule has 14 heavy (non-hydrogen) atoms. The molecular weight excluding hydrogens is 175 g/mol. The first-order valence-electron chi connectivity index (χ1n) is 6.16. The van der Waals surface area contributed by atoms with Gasteiger partial charge < -0.3 is 0 Å². The molecule has 0 saturated heterocycles. The van der Waals surface area contributed by atoms with Crippen LogP contribution in [0.25, 0.3) is 0 Å². The fourth-order valence-electron chi connectivity index (χ4n) is 3.01. The molecule has 2 aliphatic rings. The van der Waals surface area contributed by atoms with Gasteiger partial charge in [0, 0.05) is 0 Å². The van der Waals surface area contributed by atoms with Gasteiger partial charge in [-0.15, -0.1) is 0 Å². The van der Waals surface area contributed by atoms with Gasteiger partial charge in [0.2, 0.25) is 0 Å². The molecule has 2 bridgehead atoms. The second-order valence-corrected chi connectivity index (χ2v) is 4.86. The fraction of sp³-hybridized carbons (Fsp3) is 0.846. The molecule has 1 heteroatoms. The van der Waals surface area contributed by atoms with Crippen LogP contribution in [-0.4, -0.2) is 6.67 Å². The molecular formula is C13H21F. The quantitative estimate of drug-likeness (QED) is 0.440. The van der Waals surface area contributed by atoms with Crippen LogP contribution in [-0.2, 0) is 0 Å². The first kappa shape index (κ1) is 10.2. The lowest BCUT2D eigenvalue weighted by Gasteiger charge is -2.12. The molecule has 80 valence electrons. The van der Waals surface area contributed by atoms with Crippen LogP contribution in [0.2, 0.25) is 0 Å². The minimum Gasteiger partial charge on any atom is -0.251 e. The van der Waals surface area contributed by atoms with Crippen molar-refractivity contribution in [1.82, 2.24) is 0 Å². The highest BCUT2D eigenvalue weighted by molar-refractivity contribution is 5.19. The van der Waals surface area contributed by atoms with E-state index in [1.54, 1.807) is 5.57 Å². The minimum atomic E-state index is -0.132. The van der Waals surface area contributed by atoms with Crippen LogP contribution in [0, 0.1) is 11.8 Å². The molecule has 0 aromatic carbocycles. The zero-order chi connectivity index (χ0) is 9.80. The maximum Gasteiger partial charge on any atom is 0.0894 e. The number of hydrogen-bond donors (Lipinski definition) is 0. The van der Waals surface area contributed by atoms with Gasteiger partial charge in [0.25, 0.3) is 0 Å². The molecule has 1 saturated carbocycles. The summed E-state index contributed by atoms with van der Waals surface area (Å²) in [6, 6.07) is 0. The van der Waals surface area contributed by atoms with Gasteiger partial charge in [-0.3, -0.25) is 4.39 Å². The van der Waals surface area contributed by atoms with Crippen molar-refractivity contribution in [1.29, 1.82) is 0 Å². The van der Waals surface area contributed by atoms with Gasteiger partial charge in [0.15, 0.2) is 0 Å².